The van der Waals surface area contributed by atoms with Gasteiger partial charge in [0.2, 0.25) is 5.91 Å². The summed E-state index contributed by atoms with van der Waals surface area (Å²) in [7, 11) is 0. The van der Waals surface area contributed by atoms with Crippen molar-refractivity contribution < 1.29 is 19.0 Å². The van der Waals surface area contributed by atoms with E-state index in [0.29, 0.717) is 37.6 Å². The normalized spacial score (nSPS) is 22.8. The average molecular weight is 461 g/mol. The van der Waals surface area contributed by atoms with E-state index >= 15 is 0 Å². The summed E-state index contributed by atoms with van der Waals surface area (Å²) in [6, 6.07) is 4.20. The monoisotopic (exact) mass is 460 g/mol. The SMILES string of the molecule is CC1(C)CCC(=O)N1c1nc(-c2c(O)cccc2F)c(Cl)c2c1CN1CCNC[C@@H]1CO2. The average Bonchev–Trinajstić information content (AvgIpc) is 2.91. The number of phenolic OH excluding ortho intramolecular Hbond substituents is 1. The molecule has 32 heavy (non-hydrogen) atoms. The third-order valence-electron chi connectivity index (χ3n) is 6.67. The number of rotatable bonds is 2. The molecule has 0 radical (unpaired) electrons. The first-order valence-electron chi connectivity index (χ1n) is 10.9. The lowest BCUT2D eigenvalue weighted by atomic mass is 10.0. The van der Waals surface area contributed by atoms with Gasteiger partial charge in [0.15, 0.2) is 0 Å². The Morgan fingerprint density at radius 3 is 2.91 bits per heavy atom. The molecule has 3 aliphatic rings. The van der Waals surface area contributed by atoms with Gasteiger partial charge in [-0.1, -0.05) is 17.7 Å². The van der Waals surface area contributed by atoms with Crippen LogP contribution in [0.5, 0.6) is 11.5 Å². The molecule has 2 saturated heterocycles. The van der Waals surface area contributed by atoms with Crippen LogP contribution in [-0.2, 0) is 11.3 Å². The highest BCUT2D eigenvalue weighted by Crippen LogP contribution is 2.48. The molecule has 2 N–H and O–H groups in total. The van der Waals surface area contributed by atoms with E-state index in [4.69, 9.17) is 21.3 Å². The molecule has 5 rings (SSSR count). The number of piperazine rings is 1. The van der Waals surface area contributed by atoms with E-state index < -0.39 is 11.4 Å². The molecule has 0 bridgehead atoms. The predicted octanol–water partition coefficient (Wildman–Crippen LogP) is 3.32. The smallest absolute Gasteiger partial charge is 0.228 e. The first-order chi connectivity index (χ1) is 15.3. The number of halogens is 2. The molecule has 2 aromatic rings. The van der Waals surface area contributed by atoms with E-state index in [1.807, 2.05) is 13.8 Å². The lowest BCUT2D eigenvalue weighted by Gasteiger charge is -2.35. The van der Waals surface area contributed by atoms with Crippen molar-refractivity contribution in [1.82, 2.24) is 15.2 Å². The molecule has 2 fully saturated rings. The highest BCUT2D eigenvalue weighted by atomic mass is 35.5. The third kappa shape index (κ3) is 3.41. The van der Waals surface area contributed by atoms with Crippen LogP contribution in [0, 0.1) is 5.82 Å². The number of amides is 1. The Balaban J connectivity index is 1.76. The fraction of sp³-hybridized carbons (Fsp3) is 0.478. The topological polar surface area (TPSA) is 77.9 Å². The minimum absolute atomic E-state index is 0.0446. The molecule has 0 saturated carbocycles. The fourth-order valence-corrected chi connectivity index (χ4v) is 5.20. The summed E-state index contributed by atoms with van der Waals surface area (Å²) < 4.78 is 21.0. The summed E-state index contributed by atoms with van der Waals surface area (Å²) in [6.07, 6.45) is 1.09. The van der Waals surface area contributed by atoms with Gasteiger partial charge in [-0.25, -0.2) is 9.37 Å². The van der Waals surface area contributed by atoms with Crippen molar-refractivity contribution in [2.24, 2.45) is 0 Å². The van der Waals surface area contributed by atoms with Gasteiger partial charge in [0.1, 0.15) is 40.5 Å². The van der Waals surface area contributed by atoms with Crippen LogP contribution in [0.4, 0.5) is 10.2 Å². The van der Waals surface area contributed by atoms with E-state index in [1.165, 1.54) is 18.2 Å². The predicted molar refractivity (Wildman–Crippen MR) is 120 cm³/mol. The summed E-state index contributed by atoms with van der Waals surface area (Å²) in [5, 5.41) is 13.9. The molecule has 1 aromatic carbocycles. The van der Waals surface area contributed by atoms with Gasteiger partial charge in [-0.2, -0.15) is 0 Å². The van der Waals surface area contributed by atoms with E-state index in [2.05, 4.69) is 10.2 Å². The Bertz CT molecular complexity index is 1070. The zero-order chi connectivity index (χ0) is 22.6. The zero-order valence-electron chi connectivity index (χ0n) is 18.1. The number of pyridine rings is 1. The molecular formula is C23H26ClFN4O3. The van der Waals surface area contributed by atoms with E-state index in [0.717, 1.165) is 25.2 Å². The van der Waals surface area contributed by atoms with Crippen molar-refractivity contribution in [2.75, 3.05) is 31.1 Å². The quantitative estimate of drug-likeness (QED) is 0.716. The molecule has 0 aliphatic carbocycles. The number of aromatic nitrogens is 1. The number of phenols is 1. The van der Waals surface area contributed by atoms with Crippen molar-refractivity contribution in [2.45, 2.75) is 44.8 Å². The molecule has 1 amide bonds. The van der Waals surface area contributed by atoms with Crippen LogP contribution in [0.3, 0.4) is 0 Å². The minimum Gasteiger partial charge on any atom is -0.507 e. The molecule has 1 atom stereocenters. The van der Waals surface area contributed by atoms with Gasteiger partial charge in [0.25, 0.3) is 0 Å². The molecule has 0 spiro atoms. The van der Waals surface area contributed by atoms with Crippen molar-refractivity contribution >= 4 is 23.3 Å². The van der Waals surface area contributed by atoms with E-state index in [1.54, 1.807) is 4.90 Å². The molecule has 3 aliphatic heterocycles. The summed E-state index contributed by atoms with van der Waals surface area (Å²) >= 11 is 6.76. The Morgan fingerprint density at radius 1 is 1.38 bits per heavy atom. The summed E-state index contributed by atoms with van der Waals surface area (Å²) in [6.45, 7) is 7.38. The van der Waals surface area contributed by atoms with Crippen molar-refractivity contribution in [3.8, 4) is 22.8 Å². The fourth-order valence-electron chi connectivity index (χ4n) is 4.89. The number of ether oxygens (including phenoxy) is 1. The molecule has 170 valence electrons. The number of aromatic hydroxyl groups is 1. The van der Waals surface area contributed by atoms with Crippen LogP contribution in [0.2, 0.25) is 5.02 Å². The number of benzene rings is 1. The van der Waals surface area contributed by atoms with Crippen molar-refractivity contribution in [1.29, 1.82) is 0 Å². The lowest BCUT2D eigenvalue weighted by Crippen LogP contribution is -2.52. The Hall–Kier alpha value is -2.42. The summed E-state index contributed by atoms with van der Waals surface area (Å²) in [5.74, 6) is -0.134. The number of nitrogens with zero attached hydrogens (tertiary/aromatic N) is 3. The van der Waals surface area contributed by atoms with Crippen LogP contribution >= 0.6 is 11.6 Å². The van der Waals surface area contributed by atoms with E-state index in [-0.39, 0.29) is 34.0 Å². The van der Waals surface area contributed by atoms with Crippen LogP contribution in [0.15, 0.2) is 18.2 Å². The zero-order valence-corrected chi connectivity index (χ0v) is 18.9. The summed E-state index contributed by atoms with van der Waals surface area (Å²) in [5.41, 5.74) is 0.236. The lowest BCUT2D eigenvalue weighted by molar-refractivity contribution is -0.117. The molecule has 9 heteroatoms. The van der Waals surface area contributed by atoms with Gasteiger partial charge >= 0.3 is 0 Å². The maximum absolute atomic E-state index is 14.8. The molecule has 1 aromatic heterocycles. The van der Waals surface area contributed by atoms with Crippen LogP contribution in [0.1, 0.15) is 32.3 Å². The number of fused-ring (bicyclic) bond motifs is 2. The van der Waals surface area contributed by atoms with Crippen molar-refractivity contribution in [3.05, 3.63) is 34.6 Å². The van der Waals surface area contributed by atoms with Crippen LogP contribution in [-0.4, -0.2) is 58.7 Å². The highest BCUT2D eigenvalue weighted by Gasteiger charge is 2.43. The number of nitrogens with one attached hydrogen (secondary N) is 1. The number of hydrogen-bond acceptors (Lipinski definition) is 6. The van der Waals surface area contributed by atoms with Gasteiger partial charge in [-0.05, 0) is 32.4 Å². The van der Waals surface area contributed by atoms with Crippen LogP contribution in [0.25, 0.3) is 11.3 Å². The Morgan fingerprint density at radius 2 is 2.19 bits per heavy atom. The van der Waals surface area contributed by atoms with Gasteiger partial charge < -0.3 is 15.2 Å². The number of carbonyl (C=O) groups is 1. The minimum atomic E-state index is -0.646. The first-order valence-corrected chi connectivity index (χ1v) is 11.3. The maximum atomic E-state index is 14.8. The molecular weight excluding hydrogens is 435 g/mol. The van der Waals surface area contributed by atoms with Gasteiger partial charge in [0, 0.05) is 38.1 Å². The van der Waals surface area contributed by atoms with Gasteiger partial charge in [-0.15, -0.1) is 0 Å². The molecule has 4 heterocycles. The second-order valence-electron chi connectivity index (χ2n) is 9.22. The largest absolute Gasteiger partial charge is 0.507 e. The Kier molecular flexibility index (Phi) is 5.27. The maximum Gasteiger partial charge on any atom is 0.228 e. The van der Waals surface area contributed by atoms with Gasteiger partial charge in [-0.3, -0.25) is 14.6 Å². The molecule has 7 nitrogen and oxygen atoms in total. The van der Waals surface area contributed by atoms with Gasteiger partial charge in [0.05, 0.1) is 17.2 Å². The van der Waals surface area contributed by atoms with E-state index in [9.17, 15) is 14.3 Å². The highest BCUT2D eigenvalue weighted by molar-refractivity contribution is 6.35. The summed E-state index contributed by atoms with van der Waals surface area (Å²) in [4.78, 5) is 21.7. The second kappa shape index (κ2) is 7.86. The Labute approximate surface area is 191 Å². The number of carbonyl (C=O) groups excluding carboxylic acids is 1. The standard InChI is InChI=1S/C23H26ClFN4O3/c1-23(2)7-6-17(31)29(23)22-14-11-28-9-8-26-10-13(28)12-32-21(14)19(24)20(27-22)18-15(25)4-3-5-16(18)30/h3-5,13,26,30H,6-12H2,1-2H3/t13-/m1/s1. The number of hydrogen-bond donors (Lipinski definition) is 2. The molecule has 0 unspecified atom stereocenters. The van der Waals surface area contributed by atoms with Crippen molar-refractivity contribution in [3.63, 3.8) is 0 Å². The second-order valence-corrected chi connectivity index (χ2v) is 9.60. The first kappa shape index (κ1) is 21.4. The van der Waals surface area contributed by atoms with Crippen LogP contribution < -0.4 is 15.0 Å². The number of anilines is 1. The third-order valence-corrected chi connectivity index (χ3v) is 7.02.